The Labute approximate surface area is 177 Å². The number of likely N-dealkylation sites (tertiary alicyclic amines) is 1. The lowest BCUT2D eigenvalue weighted by Gasteiger charge is -2.38. The molecule has 5 rings (SSSR count). The van der Waals surface area contributed by atoms with Crippen LogP contribution in [0.25, 0.3) is 11.5 Å². The van der Waals surface area contributed by atoms with Crippen molar-refractivity contribution in [1.29, 1.82) is 0 Å². The predicted molar refractivity (Wildman–Crippen MR) is 113 cm³/mol. The van der Waals surface area contributed by atoms with E-state index in [2.05, 4.69) is 19.4 Å². The highest BCUT2D eigenvalue weighted by atomic mass is 16.5. The third kappa shape index (κ3) is 4.44. The smallest absolute Gasteiger partial charge is 0.248 e. The van der Waals surface area contributed by atoms with Gasteiger partial charge in [0.1, 0.15) is 12.3 Å². The van der Waals surface area contributed by atoms with Crippen LogP contribution >= 0.6 is 0 Å². The third-order valence-electron chi connectivity index (χ3n) is 6.78. The SMILES string of the molecule is Cn1cncc1-c1nccn1CC1CN(CC2CCN(CC3CC3)CC2)C(=O)CO1. The molecular formula is C22H32N6O2. The van der Waals surface area contributed by atoms with Crippen LogP contribution in [0.2, 0.25) is 0 Å². The van der Waals surface area contributed by atoms with Crippen molar-refractivity contribution in [2.75, 3.05) is 39.3 Å². The Morgan fingerprint density at radius 1 is 1.10 bits per heavy atom. The van der Waals surface area contributed by atoms with E-state index < -0.39 is 0 Å². The summed E-state index contributed by atoms with van der Waals surface area (Å²) in [4.78, 5) is 25.9. The van der Waals surface area contributed by atoms with Gasteiger partial charge in [-0.05, 0) is 50.6 Å². The molecule has 2 aliphatic heterocycles. The molecule has 1 amide bonds. The summed E-state index contributed by atoms with van der Waals surface area (Å²) in [6, 6.07) is 0. The molecule has 1 aliphatic carbocycles. The number of morpholine rings is 1. The van der Waals surface area contributed by atoms with Gasteiger partial charge in [-0.3, -0.25) is 4.79 Å². The second-order valence-electron chi connectivity index (χ2n) is 9.21. The Morgan fingerprint density at radius 3 is 2.63 bits per heavy atom. The molecule has 0 bridgehead atoms. The van der Waals surface area contributed by atoms with E-state index in [1.165, 1.54) is 45.3 Å². The molecule has 2 aromatic rings. The van der Waals surface area contributed by atoms with Gasteiger partial charge in [0.15, 0.2) is 5.82 Å². The predicted octanol–water partition coefficient (Wildman–Crippen LogP) is 1.63. The fourth-order valence-corrected chi connectivity index (χ4v) is 4.78. The number of amides is 1. The monoisotopic (exact) mass is 412 g/mol. The van der Waals surface area contributed by atoms with E-state index in [4.69, 9.17) is 4.74 Å². The van der Waals surface area contributed by atoms with Gasteiger partial charge in [-0.1, -0.05) is 0 Å². The highest BCUT2D eigenvalue weighted by molar-refractivity contribution is 5.78. The molecule has 2 aromatic heterocycles. The fraction of sp³-hybridized carbons (Fsp3) is 0.682. The number of hydrogen-bond acceptors (Lipinski definition) is 5. The molecule has 30 heavy (non-hydrogen) atoms. The highest BCUT2D eigenvalue weighted by Crippen LogP contribution is 2.31. The van der Waals surface area contributed by atoms with E-state index >= 15 is 0 Å². The van der Waals surface area contributed by atoms with Crippen molar-refractivity contribution in [3.05, 3.63) is 24.9 Å². The van der Waals surface area contributed by atoms with E-state index in [1.54, 1.807) is 6.33 Å². The molecule has 0 N–H and O–H groups in total. The first kappa shape index (κ1) is 19.8. The van der Waals surface area contributed by atoms with Crippen LogP contribution in [0.15, 0.2) is 24.9 Å². The van der Waals surface area contributed by atoms with Gasteiger partial charge in [-0.2, -0.15) is 0 Å². The lowest BCUT2D eigenvalue weighted by molar-refractivity contribution is -0.150. The number of rotatable bonds is 7. The molecule has 1 saturated carbocycles. The zero-order valence-corrected chi connectivity index (χ0v) is 17.8. The van der Waals surface area contributed by atoms with Gasteiger partial charge in [0, 0.05) is 39.1 Å². The Balaban J connectivity index is 1.16. The van der Waals surface area contributed by atoms with Crippen molar-refractivity contribution in [3.8, 4) is 11.5 Å². The van der Waals surface area contributed by atoms with Crippen LogP contribution in [0.4, 0.5) is 0 Å². The fourth-order valence-electron chi connectivity index (χ4n) is 4.78. The highest BCUT2D eigenvalue weighted by Gasteiger charge is 2.31. The summed E-state index contributed by atoms with van der Waals surface area (Å²) < 4.78 is 9.95. The van der Waals surface area contributed by atoms with Crippen molar-refractivity contribution in [3.63, 3.8) is 0 Å². The summed E-state index contributed by atoms with van der Waals surface area (Å²) >= 11 is 0. The van der Waals surface area contributed by atoms with E-state index in [9.17, 15) is 4.79 Å². The second-order valence-corrected chi connectivity index (χ2v) is 9.21. The van der Waals surface area contributed by atoms with Crippen LogP contribution in [-0.2, 0) is 23.1 Å². The number of imidazole rings is 2. The molecule has 3 fully saturated rings. The van der Waals surface area contributed by atoms with Crippen LogP contribution in [0.1, 0.15) is 25.7 Å². The summed E-state index contributed by atoms with van der Waals surface area (Å²) in [5.74, 6) is 2.58. The van der Waals surface area contributed by atoms with Gasteiger partial charge in [0.05, 0.1) is 25.2 Å². The van der Waals surface area contributed by atoms with E-state index in [1.807, 2.05) is 35.1 Å². The minimum atomic E-state index is -0.0150. The number of aromatic nitrogens is 4. The number of ether oxygens (including phenoxy) is 1. The van der Waals surface area contributed by atoms with Crippen molar-refractivity contribution in [2.24, 2.45) is 18.9 Å². The minimum absolute atomic E-state index is 0.0150. The first-order valence-electron chi connectivity index (χ1n) is 11.3. The number of carbonyl (C=O) groups is 1. The van der Waals surface area contributed by atoms with Gasteiger partial charge in [-0.25, -0.2) is 9.97 Å². The Bertz CT molecular complexity index is 865. The number of nitrogens with zero attached hydrogens (tertiary/aromatic N) is 6. The molecule has 1 atom stereocenters. The molecule has 2 saturated heterocycles. The van der Waals surface area contributed by atoms with Crippen molar-refractivity contribution >= 4 is 5.91 Å². The number of carbonyl (C=O) groups excluding carboxylic acids is 1. The summed E-state index contributed by atoms with van der Waals surface area (Å²) in [7, 11) is 1.97. The number of hydrogen-bond donors (Lipinski definition) is 0. The van der Waals surface area contributed by atoms with E-state index in [0.29, 0.717) is 19.0 Å². The van der Waals surface area contributed by atoms with E-state index in [0.717, 1.165) is 24.0 Å². The van der Waals surface area contributed by atoms with Crippen LogP contribution in [-0.4, -0.2) is 80.2 Å². The first-order valence-corrected chi connectivity index (χ1v) is 11.3. The maximum absolute atomic E-state index is 12.5. The molecular weight excluding hydrogens is 380 g/mol. The topological polar surface area (TPSA) is 68.4 Å². The molecule has 1 unspecified atom stereocenters. The van der Waals surface area contributed by atoms with Crippen LogP contribution in [0.3, 0.4) is 0 Å². The normalized spacial score (nSPS) is 24.0. The lowest BCUT2D eigenvalue weighted by atomic mass is 9.95. The van der Waals surface area contributed by atoms with E-state index in [-0.39, 0.29) is 18.6 Å². The zero-order valence-electron chi connectivity index (χ0n) is 17.8. The molecule has 0 radical (unpaired) electrons. The molecule has 8 nitrogen and oxygen atoms in total. The number of aryl methyl sites for hydroxylation is 1. The van der Waals surface area contributed by atoms with Gasteiger partial charge in [0.25, 0.3) is 0 Å². The van der Waals surface area contributed by atoms with Crippen molar-refractivity contribution in [1.82, 2.24) is 28.9 Å². The molecule has 3 aliphatic rings. The van der Waals surface area contributed by atoms with Gasteiger partial charge in [0.2, 0.25) is 5.91 Å². The Morgan fingerprint density at radius 2 is 1.90 bits per heavy atom. The molecule has 8 heteroatoms. The molecule has 162 valence electrons. The molecule has 0 aromatic carbocycles. The maximum atomic E-state index is 12.5. The standard InChI is InChI=1S/C22H32N6O2/c1-25-16-23-10-20(25)22-24-6-9-27(22)13-19-14-28(21(29)15-30-19)12-18-4-7-26(8-5-18)11-17-2-3-17/h6,9-10,16-19H,2-5,7-8,11-15H2,1H3. The Kier molecular flexibility index (Phi) is 5.60. The minimum Gasteiger partial charge on any atom is -0.365 e. The van der Waals surface area contributed by atoms with Gasteiger partial charge < -0.3 is 23.7 Å². The summed E-state index contributed by atoms with van der Waals surface area (Å²) in [5, 5.41) is 0. The van der Waals surface area contributed by atoms with Crippen molar-refractivity contribution < 1.29 is 9.53 Å². The van der Waals surface area contributed by atoms with Gasteiger partial charge >= 0.3 is 0 Å². The average Bonchev–Trinajstić information content (AvgIpc) is 3.27. The summed E-state index contributed by atoms with van der Waals surface area (Å²) in [6.45, 7) is 6.05. The van der Waals surface area contributed by atoms with Crippen LogP contribution in [0, 0.1) is 11.8 Å². The summed E-state index contributed by atoms with van der Waals surface area (Å²) in [6.07, 6.45) is 12.6. The van der Waals surface area contributed by atoms with Crippen LogP contribution in [0.5, 0.6) is 0 Å². The molecule has 0 spiro atoms. The van der Waals surface area contributed by atoms with Crippen LogP contribution < -0.4 is 0 Å². The second kappa shape index (κ2) is 8.51. The van der Waals surface area contributed by atoms with Gasteiger partial charge in [-0.15, -0.1) is 0 Å². The maximum Gasteiger partial charge on any atom is 0.248 e. The molecule has 4 heterocycles. The lowest BCUT2D eigenvalue weighted by Crippen LogP contribution is -2.50. The Hall–Kier alpha value is -2.19. The van der Waals surface area contributed by atoms with Crippen molar-refractivity contribution in [2.45, 2.75) is 38.3 Å². The first-order chi connectivity index (χ1) is 14.7. The quantitative estimate of drug-likeness (QED) is 0.692. The number of piperidine rings is 1. The average molecular weight is 413 g/mol. The summed E-state index contributed by atoms with van der Waals surface area (Å²) in [5.41, 5.74) is 0.974. The third-order valence-corrected chi connectivity index (χ3v) is 6.78. The largest absolute Gasteiger partial charge is 0.365 e. The zero-order chi connectivity index (χ0) is 20.5.